The molecule has 0 aromatic heterocycles. The third kappa shape index (κ3) is 2.46. The molecule has 1 aliphatic heterocycles. The lowest BCUT2D eigenvalue weighted by molar-refractivity contribution is -0.117. The lowest BCUT2D eigenvalue weighted by atomic mass is 10.0. The van der Waals surface area contributed by atoms with Gasteiger partial charge in [-0.25, -0.2) is 0 Å². The number of rotatable bonds is 2. The van der Waals surface area contributed by atoms with Crippen LogP contribution in [0.25, 0.3) is 0 Å². The van der Waals surface area contributed by atoms with Crippen LogP contribution in [-0.4, -0.2) is 16.3 Å². The molecule has 0 radical (unpaired) electrons. The van der Waals surface area contributed by atoms with Crippen molar-refractivity contribution in [3.8, 4) is 0 Å². The van der Waals surface area contributed by atoms with E-state index in [9.17, 15) is 4.79 Å². The van der Waals surface area contributed by atoms with E-state index in [0.717, 1.165) is 0 Å². The Morgan fingerprint density at radius 2 is 2.00 bits per heavy atom. The second-order valence-electron chi connectivity index (χ2n) is 4.34. The summed E-state index contributed by atoms with van der Waals surface area (Å²) in [5.74, 6) is 0.362. The van der Waals surface area contributed by atoms with Gasteiger partial charge in [-0.1, -0.05) is 29.8 Å². The molecular formula is C13H16OS2. The molecule has 1 heterocycles. The zero-order valence-electron chi connectivity index (χ0n) is 9.51. The van der Waals surface area contributed by atoms with Crippen LogP contribution in [0.1, 0.15) is 29.7 Å². The van der Waals surface area contributed by atoms with Crippen LogP contribution < -0.4 is 0 Å². The summed E-state index contributed by atoms with van der Waals surface area (Å²) in [6.45, 7) is 4.07. The highest BCUT2D eigenvalue weighted by Crippen LogP contribution is 2.41. The largest absolute Gasteiger partial charge is 0.298 e. The van der Waals surface area contributed by atoms with Crippen LogP contribution >= 0.6 is 24.4 Å². The highest BCUT2D eigenvalue weighted by Gasteiger charge is 2.34. The molecule has 1 aromatic carbocycles. The quantitative estimate of drug-likeness (QED) is 0.812. The molecule has 1 nitrogen and oxygen atoms in total. The summed E-state index contributed by atoms with van der Waals surface area (Å²) >= 11 is 6.41. The number of Topliss-reactive ketones (excluding diaryl/α,β-unsaturated/α-hetero) is 1. The molecule has 3 heteroatoms. The van der Waals surface area contributed by atoms with Crippen LogP contribution in [0, 0.1) is 6.92 Å². The van der Waals surface area contributed by atoms with Crippen molar-refractivity contribution in [2.45, 2.75) is 36.0 Å². The molecule has 0 amide bonds. The van der Waals surface area contributed by atoms with E-state index < -0.39 is 0 Å². The molecule has 2 rings (SSSR count). The second kappa shape index (κ2) is 4.84. The standard InChI is InChI=1S/C13H16OS2/c1-8-3-5-10(6-4-8)13(15)12-7-11(14)9(2)16-12/h3-6,9,12-13,15H,7H2,1-2H3. The molecule has 0 saturated carbocycles. The number of ketones is 1. The summed E-state index contributed by atoms with van der Waals surface area (Å²) in [6, 6.07) is 8.43. The molecule has 0 aliphatic carbocycles. The van der Waals surface area contributed by atoms with Crippen LogP contribution in [0.2, 0.25) is 0 Å². The number of thiol groups is 1. The zero-order valence-corrected chi connectivity index (χ0v) is 11.2. The molecule has 1 aliphatic rings. The number of hydrogen-bond donors (Lipinski definition) is 1. The molecule has 3 unspecified atom stereocenters. The number of carbonyl (C=O) groups is 1. The third-order valence-electron chi connectivity index (χ3n) is 3.01. The maximum absolute atomic E-state index is 11.5. The first-order valence-corrected chi connectivity index (χ1v) is 6.96. The molecule has 1 fully saturated rings. The highest BCUT2D eigenvalue weighted by molar-refractivity contribution is 8.02. The molecule has 3 atom stereocenters. The van der Waals surface area contributed by atoms with Gasteiger partial charge in [-0.15, -0.1) is 11.8 Å². The summed E-state index contributed by atoms with van der Waals surface area (Å²) < 4.78 is 0. The van der Waals surface area contributed by atoms with Crippen LogP contribution in [0.5, 0.6) is 0 Å². The van der Waals surface area contributed by atoms with Crippen molar-refractivity contribution in [3.05, 3.63) is 35.4 Å². The fraction of sp³-hybridized carbons (Fsp3) is 0.462. The van der Waals surface area contributed by atoms with Crippen LogP contribution in [-0.2, 0) is 4.79 Å². The molecule has 16 heavy (non-hydrogen) atoms. The van der Waals surface area contributed by atoms with Gasteiger partial charge in [-0.3, -0.25) is 4.79 Å². The molecule has 0 spiro atoms. The van der Waals surface area contributed by atoms with E-state index in [1.807, 2.05) is 6.92 Å². The van der Waals surface area contributed by atoms with Gasteiger partial charge in [0, 0.05) is 16.9 Å². The number of aryl methyl sites for hydroxylation is 1. The Labute approximate surface area is 106 Å². The van der Waals surface area contributed by atoms with Gasteiger partial charge in [0.2, 0.25) is 0 Å². The summed E-state index contributed by atoms with van der Waals surface area (Å²) in [7, 11) is 0. The molecule has 0 bridgehead atoms. The summed E-state index contributed by atoms with van der Waals surface area (Å²) in [5, 5.41) is 0.637. The van der Waals surface area contributed by atoms with Crippen LogP contribution in [0.3, 0.4) is 0 Å². The van der Waals surface area contributed by atoms with Gasteiger partial charge in [0.25, 0.3) is 0 Å². The van der Waals surface area contributed by atoms with E-state index in [2.05, 4.69) is 43.8 Å². The van der Waals surface area contributed by atoms with Crippen LogP contribution in [0.4, 0.5) is 0 Å². The van der Waals surface area contributed by atoms with E-state index in [0.29, 0.717) is 17.5 Å². The molecule has 1 saturated heterocycles. The SMILES string of the molecule is Cc1ccc(C(S)C2CC(=O)C(C)S2)cc1. The van der Waals surface area contributed by atoms with E-state index in [4.69, 9.17) is 0 Å². The van der Waals surface area contributed by atoms with Gasteiger partial charge in [0.15, 0.2) is 0 Å². The third-order valence-corrected chi connectivity index (χ3v) is 5.33. The Kier molecular flexibility index (Phi) is 3.65. The van der Waals surface area contributed by atoms with Gasteiger partial charge in [-0.05, 0) is 19.4 Å². The fourth-order valence-corrected chi connectivity index (χ4v) is 3.74. The Balaban J connectivity index is 2.11. The minimum Gasteiger partial charge on any atom is -0.298 e. The minimum absolute atomic E-state index is 0.144. The van der Waals surface area contributed by atoms with Crippen LogP contribution in [0.15, 0.2) is 24.3 Å². The lowest BCUT2D eigenvalue weighted by Gasteiger charge is -2.17. The van der Waals surface area contributed by atoms with E-state index in [-0.39, 0.29) is 10.5 Å². The monoisotopic (exact) mass is 252 g/mol. The normalized spacial score (nSPS) is 27.1. The average Bonchev–Trinajstić information content (AvgIpc) is 2.59. The topological polar surface area (TPSA) is 17.1 Å². The summed E-state index contributed by atoms with van der Waals surface area (Å²) in [4.78, 5) is 11.5. The van der Waals surface area contributed by atoms with Gasteiger partial charge in [-0.2, -0.15) is 12.6 Å². The highest BCUT2D eigenvalue weighted by atomic mass is 32.2. The number of benzene rings is 1. The first-order valence-electron chi connectivity index (χ1n) is 5.50. The Hall–Kier alpha value is -0.410. The Morgan fingerprint density at radius 3 is 2.50 bits per heavy atom. The van der Waals surface area contributed by atoms with Gasteiger partial charge < -0.3 is 0 Å². The first kappa shape index (κ1) is 12.1. The van der Waals surface area contributed by atoms with Crippen molar-refractivity contribution in [1.82, 2.24) is 0 Å². The van der Waals surface area contributed by atoms with E-state index in [1.165, 1.54) is 11.1 Å². The molecule has 0 N–H and O–H groups in total. The minimum atomic E-state index is 0.144. The zero-order chi connectivity index (χ0) is 11.7. The van der Waals surface area contributed by atoms with E-state index in [1.54, 1.807) is 11.8 Å². The average molecular weight is 252 g/mol. The number of thioether (sulfide) groups is 1. The van der Waals surface area contributed by atoms with Crippen molar-refractivity contribution in [2.24, 2.45) is 0 Å². The lowest BCUT2D eigenvalue weighted by Crippen LogP contribution is -2.08. The van der Waals surface area contributed by atoms with Crippen molar-refractivity contribution in [1.29, 1.82) is 0 Å². The van der Waals surface area contributed by atoms with Gasteiger partial charge in [0.1, 0.15) is 5.78 Å². The molecule has 1 aromatic rings. The summed E-state index contributed by atoms with van der Waals surface area (Å²) in [6.07, 6.45) is 0.661. The maximum Gasteiger partial charge on any atom is 0.146 e. The van der Waals surface area contributed by atoms with Crippen molar-refractivity contribution in [3.63, 3.8) is 0 Å². The Bertz CT molecular complexity index is 385. The van der Waals surface area contributed by atoms with Gasteiger partial charge >= 0.3 is 0 Å². The predicted octanol–water partition coefficient (Wildman–Crippen LogP) is 3.43. The fourth-order valence-electron chi connectivity index (χ4n) is 1.91. The maximum atomic E-state index is 11.5. The Morgan fingerprint density at radius 1 is 1.38 bits per heavy atom. The second-order valence-corrected chi connectivity index (χ2v) is 6.48. The van der Waals surface area contributed by atoms with Crippen molar-refractivity contribution in [2.75, 3.05) is 0 Å². The first-order chi connectivity index (χ1) is 7.58. The predicted molar refractivity (Wildman–Crippen MR) is 73.4 cm³/mol. The summed E-state index contributed by atoms with van der Waals surface area (Å²) in [5.41, 5.74) is 2.47. The van der Waals surface area contributed by atoms with Crippen molar-refractivity contribution >= 4 is 30.2 Å². The van der Waals surface area contributed by atoms with Crippen molar-refractivity contribution < 1.29 is 4.79 Å². The number of carbonyl (C=O) groups excluding carboxylic acids is 1. The van der Waals surface area contributed by atoms with E-state index >= 15 is 0 Å². The number of hydrogen-bond acceptors (Lipinski definition) is 3. The van der Waals surface area contributed by atoms with Gasteiger partial charge in [0.05, 0.1) is 5.25 Å². The molecule has 86 valence electrons. The smallest absolute Gasteiger partial charge is 0.146 e. The molecular weight excluding hydrogens is 236 g/mol.